The van der Waals surface area contributed by atoms with E-state index in [-0.39, 0.29) is 0 Å². The van der Waals surface area contributed by atoms with Crippen LogP contribution in [-0.4, -0.2) is 23.1 Å². The first-order chi connectivity index (χ1) is 13.7. The molecule has 0 unspecified atom stereocenters. The number of benzene rings is 1. The third-order valence-corrected chi connectivity index (χ3v) is 6.97. The van der Waals surface area contributed by atoms with Crippen molar-refractivity contribution in [1.29, 1.82) is 0 Å². The van der Waals surface area contributed by atoms with Gasteiger partial charge in [0.25, 0.3) is 0 Å². The van der Waals surface area contributed by atoms with Gasteiger partial charge in [-0.3, -0.25) is 4.79 Å². The zero-order valence-electron chi connectivity index (χ0n) is 16.4. The van der Waals surface area contributed by atoms with Crippen molar-refractivity contribution in [3.05, 3.63) is 54.1 Å². The van der Waals surface area contributed by atoms with Gasteiger partial charge >= 0.3 is 0 Å². The lowest BCUT2D eigenvalue weighted by Gasteiger charge is -2.25. The van der Waals surface area contributed by atoms with Crippen molar-refractivity contribution in [1.82, 2.24) is 10.3 Å². The molecule has 28 heavy (non-hydrogen) atoms. The van der Waals surface area contributed by atoms with Crippen molar-refractivity contribution in [3.8, 4) is 0 Å². The molecule has 5 heteroatoms. The Hall–Kier alpha value is -1.72. The summed E-state index contributed by atoms with van der Waals surface area (Å²) in [6, 6.07) is 12.4. The number of carbonyl (C=O) groups is 1. The predicted molar refractivity (Wildman–Crippen MR) is 120 cm³/mol. The van der Waals surface area contributed by atoms with Gasteiger partial charge in [0.2, 0.25) is 0 Å². The summed E-state index contributed by atoms with van der Waals surface area (Å²) in [5.41, 5.74) is 2.80. The number of hydrogen-bond donors (Lipinski definition) is 1. The minimum Gasteiger partial charge on any atom is -0.382 e. The lowest BCUT2D eigenvalue weighted by atomic mass is 9.95. The summed E-state index contributed by atoms with van der Waals surface area (Å²) < 4.78 is 0. The molecule has 0 bridgehead atoms. The quantitative estimate of drug-likeness (QED) is 0.379. The molecule has 1 heterocycles. The van der Waals surface area contributed by atoms with E-state index in [9.17, 15) is 4.79 Å². The highest BCUT2D eigenvalue weighted by molar-refractivity contribution is 8.00. The third kappa shape index (κ3) is 5.89. The molecule has 2 aromatic rings. The van der Waals surface area contributed by atoms with Crippen molar-refractivity contribution in [2.45, 2.75) is 66.4 Å². The second-order valence-corrected chi connectivity index (χ2v) is 9.27. The molecule has 1 aliphatic carbocycles. The average molecular weight is 413 g/mol. The second-order valence-electron chi connectivity index (χ2n) is 7.10. The van der Waals surface area contributed by atoms with Crippen LogP contribution in [0.15, 0.2) is 57.9 Å². The van der Waals surface area contributed by atoms with E-state index >= 15 is 0 Å². The van der Waals surface area contributed by atoms with Crippen LogP contribution in [0.5, 0.6) is 0 Å². The van der Waals surface area contributed by atoms with E-state index in [1.165, 1.54) is 32.1 Å². The molecule has 1 N–H and O–H groups in total. The van der Waals surface area contributed by atoms with Gasteiger partial charge < -0.3 is 5.32 Å². The minimum absolute atomic E-state index is 0.538. The lowest BCUT2D eigenvalue weighted by molar-refractivity contribution is 0.112. The number of nitrogens with zero attached hydrogens (tertiary/aromatic N) is 1. The predicted octanol–water partition coefficient (Wildman–Crippen LogP) is 6.44. The van der Waals surface area contributed by atoms with E-state index in [1.54, 1.807) is 23.5 Å². The van der Waals surface area contributed by atoms with E-state index in [0.29, 0.717) is 11.6 Å². The second kappa shape index (κ2) is 10.7. The number of carbonyl (C=O) groups excluding carboxylic acids is 1. The largest absolute Gasteiger partial charge is 0.382 e. The molecular formula is C23H28N2OS2. The van der Waals surface area contributed by atoms with Gasteiger partial charge in [0.1, 0.15) is 16.3 Å². The Labute approximate surface area is 176 Å². The number of nitrogens with one attached hydrogen (secondary N) is 1. The van der Waals surface area contributed by atoms with Gasteiger partial charge in [-0.05, 0) is 49.3 Å². The molecule has 1 aliphatic rings. The Morgan fingerprint density at radius 2 is 1.93 bits per heavy atom. The maximum absolute atomic E-state index is 10.8. The van der Waals surface area contributed by atoms with Crippen LogP contribution in [0, 0.1) is 0 Å². The van der Waals surface area contributed by atoms with E-state index in [1.807, 2.05) is 24.3 Å². The number of aldehydes is 1. The van der Waals surface area contributed by atoms with Gasteiger partial charge in [0.05, 0.1) is 0 Å². The first-order valence-electron chi connectivity index (χ1n) is 10.0. The van der Waals surface area contributed by atoms with Crippen LogP contribution in [0.2, 0.25) is 0 Å². The van der Waals surface area contributed by atoms with Crippen molar-refractivity contribution in [2.24, 2.45) is 0 Å². The van der Waals surface area contributed by atoms with Gasteiger partial charge in [0.15, 0.2) is 0 Å². The summed E-state index contributed by atoms with van der Waals surface area (Å²) in [6.07, 6.45) is 8.40. The molecular weight excluding hydrogens is 384 g/mol. The highest BCUT2D eigenvalue weighted by atomic mass is 32.2. The van der Waals surface area contributed by atoms with E-state index in [4.69, 9.17) is 4.98 Å². The SMILES string of the molecule is C=C(NC1CCCCC1)c1ccc(Sc2ccc(C=O)cc2)nc1SCCC. The van der Waals surface area contributed by atoms with Gasteiger partial charge in [-0.25, -0.2) is 4.98 Å². The Morgan fingerprint density at radius 3 is 2.61 bits per heavy atom. The Balaban J connectivity index is 1.75. The smallest absolute Gasteiger partial charge is 0.150 e. The number of thioether (sulfide) groups is 1. The lowest BCUT2D eigenvalue weighted by Crippen LogP contribution is -2.29. The van der Waals surface area contributed by atoms with Crippen molar-refractivity contribution in [3.63, 3.8) is 0 Å². The Morgan fingerprint density at radius 1 is 1.18 bits per heavy atom. The fraction of sp³-hybridized carbons (Fsp3) is 0.391. The first kappa shape index (κ1) is 21.0. The molecule has 1 aromatic heterocycles. The first-order valence-corrected chi connectivity index (χ1v) is 11.8. The van der Waals surface area contributed by atoms with E-state index in [2.05, 4.69) is 31.0 Å². The molecule has 0 spiro atoms. The van der Waals surface area contributed by atoms with Crippen molar-refractivity contribution >= 4 is 35.5 Å². The van der Waals surface area contributed by atoms with Crippen LogP contribution in [0.1, 0.15) is 61.4 Å². The normalized spacial score (nSPS) is 14.6. The van der Waals surface area contributed by atoms with Gasteiger partial charge in [-0.2, -0.15) is 0 Å². The van der Waals surface area contributed by atoms with E-state index < -0.39 is 0 Å². The van der Waals surface area contributed by atoms with Crippen LogP contribution in [0.3, 0.4) is 0 Å². The van der Waals surface area contributed by atoms with Crippen LogP contribution in [0.4, 0.5) is 0 Å². The number of rotatable bonds is 9. The van der Waals surface area contributed by atoms with Crippen molar-refractivity contribution < 1.29 is 4.79 Å². The molecule has 0 atom stereocenters. The fourth-order valence-electron chi connectivity index (χ4n) is 3.33. The zero-order chi connectivity index (χ0) is 19.8. The molecule has 1 saturated carbocycles. The molecule has 3 nitrogen and oxygen atoms in total. The number of aromatic nitrogens is 1. The zero-order valence-corrected chi connectivity index (χ0v) is 18.1. The van der Waals surface area contributed by atoms with E-state index in [0.717, 1.165) is 44.7 Å². The topological polar surface area (TPSA) is 42.0 Å². The van der Waals surface area contributed by atoms with Gasteiger partial charge in [-0.15, -0.1) is 11.8 Å². The maximum Gasteiger partial charge on any atom is 0.150 e. The molecule has 0 saturated heterocycles. The van der Waals surface area contributed by atoms with Crippen LogP contribution < -0.4 is 5.32 Å². The highest BCUT2D eigenvalue weighted by Gasteiger charge is 2.16. The minimum atomic E-state index is 0.538. The fourth-order valence-corrected chi connectivity index (χ4v) is 5.08. The van der Waals surface area contributed by atoms with Crippen LogP contribution in [-0.2, 0) is 0 Å². The number of hydrogen-bond acceptors (Lipinski definition) is 5. The monoisotopic (exact) mass is 412 g/mol. The summed E-state index contributed by atoms with van der Waals surface area (Å²) in [4.78, 5) is 16.8. The van der Waals surface area contributed by atoms with Crippen molar-refractivity contribution in [2.75, 3.05) is 5.75 Å². The summed E-state index contributed by atoms with van der Waals surface area (Å²) in [6.45, 7) is 6.51. The summed E-state index contributed by atoms with van der Waals surface area (Å²) in [5, 5.41) is 5.66. The standard InChI is InChI=1S/C23H28N2OS2/c1-3-15-27-23-21(17(2)24-19-7-5-4-6-8-19)13-14-22(25-23)28-20-11-9-18(16-26)10-12-20/h9-14,16,19,24H,2-8,15H2,1H3. The molecule has 0 radical (unpaired) electrons. The molecule has 0 aliphatic heterocycles. The summed E-state index contributed by atoms with van der Waals surface area (Å²) in [5.74, 6) is 1.04. The molecule has 0 amide bonds. The molecule has 148 valence electrons. The van der Waals surface area contributed by atoms with Crippen LogP contribution in [0.25, 0.3) is 5.70 Å². The van der Waals surface area contributed by atoms with Gasteiger partial charge in [-0.1, -0.05) is 56.7 Å². The summed E-state index contributed by atoms with van der Waals surface area (Å²) in [7, 11) is 0. The molecule has 1 aromatic carbocycles. The average Bonchev–Trinajstić information content (AvgIpc) is 2.73. The summed E-state index contributed by atoms with van der Waals surface area (Å²) >= 11 is 3.42. The Bertz CT molecular complexity index is 799. The van der Waals surface area contributed by atoms with Gasteiger partial charge in [0, 0.05) is 27.8 Å². The number of pyridine rings is 1. The Kier molecular flexibility index (Phi) is 8.04. The maximum atomic E-state index is 10.8. The molecule has 1 fully saturated rings. The van der Waals surface area contributed by atoms with Crippen LogP contribution >= 0.6 is 23.5 Å². The highest BCUT2D eigenvalue weighted by Crippen LogP contribution is 2.32. The molecule has 3 rings (SSSR count). The third-order valence-electron chi connectivity index (χ3n) is 4.82.